The van der Waals surface area contributed by atoms with Gasteiger partial charge in [0.15, 0.2) is 18.9 Å². The molecule has 1 N–H and O–H groups in total. The van der Waals surface area contributed by atoms with Gasteiger partial charge < -0.3 is 5.32 Å². The maximum absolute atomic E-state index is 12.2. The van der Waals surface area contributed by atoms with Gasteiger partial charge in [-0.15, -0.1) is 11.3 Å². The predicted octanol–water partition coefficient (Wildman–Crippen LogP) is 2.88. The highest BCUT2D eigenvalue weighted by Crippen LogP contribution is 2.27. The molecule has 0 atom stereocenters. The van der Waals surface area contributed by atoms with E-state index in [1.165, 1.54) is 0 Å². The van der Waals surface area contributed by atoms with Crippen LogP contribution in [0.5, 0.6) is 0 Å². The molecule has 2 rings (SSSR count). The summed E-state index contributed by atoms with van der Waals surface area (Å²) in [5, 5.41) is 2.45. The largest absolute Gasteiger partial charge is 0.405 e. The van der Waals surface area contributed by atoms with Gasteiger partial charge in [-0.25, -0.2) is 9.55 Å². The lowest BCUT2D eigenvalue weighted by Gasteiger charge is -2.07. The molecule has 0 aliphatic carbocycles. The average molecular weight is 342 g/mol. The van der Waals surface area contributed by atoms with Gasteiger partial charge in [0.2, 0.25) is 0 Å². The number of hydrogen-bond acceptors (Lipinski definition) is 3. The second kappa shape index (κ2) is 6.91. The Hall–Kier alpha value is -2.22. The van der Waals surface area contributed by atoms with Gasteiger partial charge in [0.25, 0.3) is 5.91 Å². The molecule has 122 valence electrons. The molecule has 0 aromatic carbocycles. The molecule has 0 saturated carbocycles. The molecule has 2 aromatic heterocycles. The van der Waals surface area contributed by atoms with E-state index in [0.29, 0.717) is 17.2 Å². The van der Waals surface area contributed by atoms with Crippen molar-refractivity contribution in [3.63, 3.8) is 0 Å². The van der Waals surface area contributed by atoms with Crippen molar-refractivity contribution >= 4 is 17.2 Å². The number of halogens is 3. The molecule has 0 saturated heterocycles. The molecular formula is C15H15F3N3OS+. The molecule has 0 spiro atoms. The highest BCUT2D eigenvalue weighted by atomic mass is 32.1. The summed E-state index contributed by atoms with van der Waals surface area (Å²) in [5.74, 6) is -0.765. The predicted molar refractivity (Wildman–Crippen MR) is 81.1 cm³/mol. The van der Waals surface area contributed by atoms with Crippen LogP contribution in [-0.2, 0) is 6.54 Å². The maximum Gasteiger partial charge on any atom is 0.405 e. The summed E-state index contributed by atoms with van der Waals surface area (Å²) in [5.41, 5.74) is 1.20. The van der Waals surface area contributed by atoms with Gasteiger partial charge in [0.05, 0.1) is 11.3 Å². The normalized spacial score (nSPS) is 11.3. The summed E-state index contributed by atoms with van der Waals surface area (Å²) in [7, 11) is 0. The van der Waals surface area contributed by atoms with Crippen LogP contribution in [-0.4, -0.2) is 23.6 Å². The van der Waals surface area contributed by atoms with E-state index in [0.717, 1.165) is 16.9 Å². The van der Waals surface area contributed by atoms with Crippen molar-refractivity contribution in [2.45, 2.75) is 19.6 Å². The molecule has 23 heavy (non-hydrogen) atoms. The van der Waals surface area contributed by atoms with Crippen molar-refractivity contribution in [2.75, 3.05) is 6.54 Å². The number of carbonyl (C=O) groups is 1. The number of pyridine rings is 1. The van der Waals surface area contributed by atoms with Crippen LogP contribution in [0.4, 0.5) is 13.2 Å². The molecule has 0 aliphatic heterocycles. The fourth-order valence-electron chi connectivity index (χ4n) is 1.90. The van der Waals surface area contributed by atoms with E-state index in [1.54, 1.807) is 13.0 Å². The molecule has 0 radical (unpaired) electrons. The first-order valence-electron chi connectivity index (χ1n) is 6.73. The topological polar surface area (TPSA) is 45.9 Å². The molecule has 0 bridgehead atoms. The van der Waals surface area contributed by atoms with Gasteiger partial charge in [-0.3, -0.25) is 4.79 Å². The van der Waals surface area contributed by atoms with Crippen LogP contribution in [0.15, 0.2) is 37.2 Å². The number of aryl methyl sites for hydroxylation is 1. The maximum atomic E-state index is 12.2. The van der Waals surface area contributed by atoms with Crippen molar-refractivity contribution in [1.82, 2.24) is 10.3 Å². The minimum atomic E-state index is -4.44. The highest BCUT2D eigenvalue weighted by Gasteiger charge is 2.29. The van der Waals surface area contributed by atoms with E-state index >= 15 is 0 Å². The van der Waals surface area contributed by atoms with Crippen LogP contribution < -0.4 is 9.88 Å². The summed E-state index contributed by atoms with van der Waals surface area (Å²) in [6.45, 7) is 4.53. The van der Waals surface area contributed by atoms with Crippen molar-refractivity contribution in [3.8, 4) is 10.6 Å². The Kier molecular flexibility index (Phi) is 5.15. The number of aromatic nitrogens is 2. The van der Waals surface area contributed by atoms with E-state index in [-0.39, 0.29) is 4.88 Å². The van der Waals surface area contributed by atoms with Crippen LogP contribution in [0.2, 0.25) is 0 Å². The smallest absolute Gasteiger partial charge is 0.342 e. The minimum absolute atomic E-state index is 0.184. The zero-order valence-electron chi connectivity index (χ0n) is 12.4. The summed E-state index contributed by atoms with van der Waals surface area (Å²) in [6.07, 6.45) is 1.01. The van der Waals surface area contributed by atoms with Gasteiger partial charge >= 0.3 is 6.18 Å². The van der Waals surface area contributed by atoms with Crippen molar-refractivity contribution in [2.24, 2.45) is 0 Å². The van der Waals surface area contributed by atoms with Crippen molar-refractivity contribution < 1.29 is 22.5 Å². The van der Waals surface area contributed by atoms with E-state index in [2.05, 4.69) is 11.6 Å². The fraction of sp³-hybridized carbons (Fsp3) is 0.267. The molecule has 8 heteroatoms. The number of carbonyl (C=O) groups excluding carboxylic acids is 1. The summed E-state index contributed by atoms with van der Waals surface area (Å²) >= 11 is 1.07. The lowest BCUT2D eigenvalue weighted by Crippen LogP contribution is -2.33. The number of nitrogens with zero attached hydrogens (tertiary/aromatic N) is 2. The monoisotopic (exact) mass is 342 g/mol. The fourth-order valence-corrected chi connectivity index (χ4v) is 2.88. The molecule has 0 fully saturated rings. The Morgan fingerprint density at radius 3 is 2.91 bits per heavy atom. The van der Waals surface area contributed by atoms with Crippen molar-refractivity contribution in [1.29, 1.82) is 0 Å². The first kappa shape index (κ1) is 17.1. The van der Waals surface area contributed by atoms with Crippen LogP contribution in [0, 0.1) is 6.92 Å². The zero-order valence-corrected chi connectivity index (χ0v) is 13.2. The van der Waals surface area contributed by atoms with E-state index in [9.17, 15) is 18.0 Å². The number of amides is 1. The third-order valence-electron chi connectivity index (χ3n) is 2.90. The third-order valence-corrected chi connectivity index (χ3v) is 4.10. The molecular weight excluding hydrogens is 327 g/mol. The molecule has 2 heterocycles. The van der Waals surface area contributed by atoms with Crippen LogP contribution in [0.25, 0.3) is 10.6 Å². The first-order chi connectivity index (χ1) is 10.8. The Labute approximate surface area is 135 Å². The second-order valence-corrected chi connectivity index (χ2v) is 5.81. The van der Waals surface area contributed by atoms with Gasteiger partial charge in [-0.2, -0.15) is 13.2 Å². The minimum Gasteiger partial charge on any atom is -0.342 e. The number of thiazole rings is 1. The Morgan fingerprint density at radius 2 is 2.26 bits per heavy atom. The Bertz CT molecular complexity index is 725. The van der Waals surface area contributed by atoms with E-state index < -0.39 is 18.6 Å². The standard InChI is InChI=1S/C15H14F3N3OS/c1-3-6-21-7-4-5-11(8-21)14-20-10(2)12(23-14)13(22)19-9-15(16,17)18/h3-5,7-8H,1,6,9H2,2H3/p+1. The second-order valence-electron chi connectivity index (χ2n) is 4.81. The summed E-state index contributed by atoms with van der Waals surface area (Å²) in [4.78, 5) is 16.3. The van der Waals surface area contributed by atoms with E-state index in [1.807, 2.05) is 34.4 Å². The molecule has 0 unspecified atom stereocenters. The number of hydrogen-bond donors (Lipinski definition) is 1. The summed E-state index contributed by atoms with van der Waals surface area (Å²) in [6, 6.07) is 3.66. The quantitative estimate of drug-likeness (QED) is 0.671. The summed E-state index contributed by atoms with van der Waals surface area (Å²) < 4.78 is 38.4. The molecule has 0 aliphatic rings. The molecule has 4 nitrogen and oxygen atoms in total. The number of alkyl halides is 3. The van der Waals surface area contributed by atoms with Gasteiger partial charge in [0, 0.05) is 6.07 Å². The lowest BCUT2D eigenvalue weighted by atomic mass is 10.3. The van der Waals surface area contributed by atoms with Gasteiger partial charge in [-0.05, 0) is 19.1 Å². The number of nitrogens with one attached hydrogen (secondary N) is 1. The lowest BCUT2D eigenvalue weighted by molar-refractivity contribution is -0.686. The van der Waals surface area contributed by atoms with Crippen LogP contribution >= 0.6 is 11.3 Å². The average Bonchev–Trinajstić information content (AvgIpc) is 2.87. The number of rotatable bonds is 5. The highest BCUT2D eigenvalue weighted by molar-refractivity contribution is 7.17. The SMILES string of the molecule is C=CC[n+]1cccc(-c2nc(C)c(C(=O)NCC(F)(F)F)s2)c1. The number of allylic oxidation sites excluding steroid dienone is 1. The van der Waals surface area contributed by atoms with Gasteiger partial charge in [-0.1, -0.05) is 6.58 Å². The molecule has 2 aromatic rings. The third kappa shape index (κ3) is 4.62. The first-order valence-corrected chi connectivity index (χ1v) is 7.54. The molecule has 1 amide bonds. The Balaban J connectivity index is 2.22. The van der Waals surface area contributed by atoms with Crippen molar-refractivity contribution in [3.05, 3.63) is 47.8 Å². The van der Waals surface area contributed by atoms with Gasteiger partial charge in [0.1, 0.15) is 16.4 Å². The van der Waals surface area contributed by atoms with Crippen LogP contribution in [0.1, 0.15) is 15.4 Å². The Morgan fingerprint density at radius 1 is 1.52 bits per heavy atom. The van der Waals surface area contributed by atoms with Crippen LogP contribution in [0.3, 0.4) is 0 Å². The van der Waals surface area contributed by atoms with E-state index in [4.69, 9.17) is 0 Å². The zero-order chi connectivity index (χ0) is 17.0.